The van der Waals surface area contributed by atoms with E-state index in [1.165, 1.54) is 38.1 Å². The fourth-order valence-electron chi connectivity index (χ4n) is 1.18. The van der Waals surface area contributed by atoms with Crippen LogP contribution in [0.1, 0.15) is 13.8 Å². The van der Waals surface area contributed by atoms with E-state index in [1.54, 1.807) is 0 Å². The van der Waals surface area contributed by atoms with Gasteiger partial charge in [-0.05, 0) is 31.2 Å². The molecule has 1 rings (SSSR count). The molecule has 1 atom stereocenters. The van der Waals surface area contributed by atoms with Crippen LogP contribution in [0.15, 0.2) is 24.3 Å². The third-order valence-corrected chi connectivity index (χ3v) is 1.97. The van der Waals surface area contributed by atoms with Gasteiger partial charge in [0.25, 0.3) is 5.09 Å². The Morgan fingerprint density at radius 3 is 2.37 bits per heavy atom. The largest absolute Gasteiger partial charge is 0.425 e. The smallest absolute Gasteiger partial charge is 0.340 e. The predicted octanol–water partition coefficient (Wildman–Crippen LogP) is 1.15. The highest BCUT2D eigenvalue weighted by atomic mass is 17.0. The van der Waals surface area contributed by atoms with E-state index in [2.05, 4.69) is 10.2 Å². The monoisotopic (exact) mass is 268 g/mol. The number of carbonyl (C=O) groups excluding carboxylic acids is 2. The van der Waals surface area contributed by atoms with Crippen molar-refractivity contribution in [2.45, 2.75) is 20.0 Å². The fourth-order valence-corrected chi connectivity index (χ4v) is 1.18. The second kappa shape index (κ2) is 6.34. The van der Waals surface area contributed by atoms with Crippen LogP contribution in [0, 0.1) is 10.1 Å². The van der Waals surface area contributed by atoms with Gasteiger partial charge in [-0.3, -0.25) is 9.63 Å². The molecule has 1 unspecified atom stereocenters. The van der Waals surface area contributed by atoms with E-state index in [9.17, 15) is 19.7 Å². The van der Waals surface area contributed by atoms with Gasteiger partial charge in [0.1, 0.15) is 5.75 Å². The third-order valence-electron chi connectivity index (χ3n) is 1.97. The number of rotatable bonds is 5. The molecule has 102 valence electrons. The van der Waals surface area contributed by atoms with E-state index in [0.717, 1.165) is 0 Å². The van der Waals surface area contributed by atoms with Crippen LogP contribution in [-0.4, -0.2) is 23.1 Å². The summed E-state index contributed by atoms with van der Waals surface area (Å²) in [6, 6.07) is 5.95. The average molecular weight is 268 g/mol. The molecule has 0 heterocycles. The molecular weight excluding hydrogens is 256 g/mol. The van der Waals surface area contributed by atoms with Gasteiger partial charge in [0.15, 0.2) is 0 Å². The van der Waals surface area contributed by atoms with Crippen LogP contribution < -0.4 is 10.1 Å². The molecule has 8 nitrogen and oxygen atoms in total. The zero-order valence-corrected chi connectivity index (χ0v) is 10.3. The van der Waals surface area contributed by atoms with E-state index in [1.807, 2.05) is 0 Å². The molecule has 0 saturated heterocycles. The molecule has 8 heteroatoms. The van der Waals surface area contributed by atoms with Gasteiger partial charge < -0.3 is 10.1 Å². The van der Waals surface area contributed by atoms with Gasteiger partial charge in [-0.25, -0.2) is 4.79 Å². The SMILES string of the molecule is CC(=O)Nc1ccc(OC(=O)C(C)O[N+](=O)[O-])cc1. The highest BCUT2D eigenvalue weighted by Crippen LogP contribution is 2.16. The molecule has 0 aliphatic rings. The summed E-state index contributed by atoms with van der Waals surface area (Å²) in [4.78, 5) is 36.3. The van der Waals surface area contributed by atoms with Crippen LogP contribution >= 0.6 is 0 Å². The van der Waals surface area contributed by atoms with Crippen molar-refractivity contribution in [2.24, 2.45) is 0 Å². The molecule has 0 aromatic heterocycles. The van der Waals surface area contributed by atoms with Crippen LogP contribution in [0.25, 0.3) is 0 Å². The lowest BCUT2D eigenvalue weighted by Crippen LogP contribution is -2.27. The Kier molecular flexibility index (Phi) is 4.81. The summed E-state index contributed by atoms with van der Waals surface area (Å²) in [5, 5.41) is 11.5. The Morgan fingerprint density at radius 1 is 1.32 bits per heavy atom. The Bertz CT molecular complexity index is 484. The lowest BCUT2D eigenvalue weighted by molar-refractivity contribution is -0.763. The van der Waals surface area contributed by atoms with Crippen LogP contribution in [0.3, 0.4) is 0 Å². The number of nitrogens with zero attached hydrogens (tertiary/aromatic N) is 1. The molecule has 0 aliphatic heterocycles. The van der Waals surface area contributed by atoms with E-state index in [0.29, 0.717) is 5.69 Å². The highest BCUT2D eigenvalue weighted by molar-refractivity contribution is 5.88. The Morgan fingerprint density at radius 2 is 1.89 bits per heavy atom. The second-order valence-electron chi connectivity index (χ2n) is 3.60. The van der Waals surface area contributed by atoms with Gasteiger partial charge in [-0.1, -0.05) is 0 Å². The summed E-state index contributed by atoms with van der Waals surface area (Å²) in [6.45, 7) is 2.57. The van der Waals surface area contributed by atoms with Gasteiger partial charge in [-0.15, -0.1) is 10.1 Å². The molecule has 0 aliphatic carbocycles. The summed E-state index contributed by atoms with van der Waals surface area (Å²) in [7, 11) is 0. The van der Waals surface area contributed by atoms with Crippen molar-refractivity contribution in [2.75, 3.05) is 5.32 Å². The minimum absolute atomic E-state index is 0.193. The van der Waals surface area contributed by atoms with Crippen molar-refractivity contribution in [1.82, 2.24) is 0 Å². The number of hydrogen-bond donors (Lipinski definition) is 1. The standard InChI is InChI=1S/C11H12N2O6/c1-7(19-13(16)17)11(15)18-10-5-3-9(4-6-10)12-8(2)14/h3-7H,1-2H3,(H,12,14). The lowest BCUT2D eigenvalue weighted by Gasteiger charge is -2.09. The Balaban J connectivity index is 2.60. The number of amides is 1. The molecule has 0 saturated carbocycles. The van der Waals surface area contributed by atoms with Gasteiger partial charge in [0, 0.05) is 12.6 Å². The lowest BCUT2D eigenvalue weighted by atomic mass is 10.3. The van der Waals surface area contributed by atoms with Gasteiger partial charge in [-0.2, -0.15) is 0 Å². The second-order valence-corrected chi connectivity index (χ2v) is 3.60. The quantitative estimate of drug-likeness (QED) is 0.371. The summed E-state index contributed by atoms with van der Waals surface area (Å²) in [5.74, 6) is -0.917. The zero-order chi connectivity index (χ0) is 14.4. The number of carbonyl (C=O) groups is 2. The van der Waals surface area contributed by atoms with Crippen molar-refractivity contribution in [3.05, 3.63) is 34.4 Å². The molecule has 19 heavy (non-hydrogen) atoms. The van der Waals surface area contributed by atoms with Gasteiger partial charge >= 0.3 is 5.97 Å². The molecule has 1 aromatic carbocycles. The number of esters is 1. The van der Waals surface area contributed by atoms with E-state index < -0.39 is 17.2 Å². The summed E-state index contributed by atoms with van der Waals surface area (Å²) in [6.07, 6.45) is -1.31. The van der Waals surface area contributed by atoms with Crippen LogP contribution in [0.4, 0.5) is 5.69 Å². The topological polar surface area (TPSA) is 108 Å². The first-order valence-electron chi connectivity index (χ1n) is 5.29. The Labute approximate surface area is 108 Å². The van der Waals surface area contributed by atoms with Crippen LogP contribution in [0.2, 0.25) is 0 Å². The van der Waals surface area contributed by atoms with E-state index >= 15 is 0 Å². The average Bonchev–Trinajstić information content (AvgIpc) is 2.30. The maximum Gasteiger partial charge on any atom is 0.340 e. The van der Waals surface area contributed by atoms with Crippen LogP contribution in [-0.2, 0) is 14.4 Å². The first kappa shape index (κ1) is 14.4. The molecular formula is C11H12N2O6. The number of benzene rings is 1. The molecule has 0 spiro atoms. The van der Waals surface area contributed by atoms with Crippen molar-refractivity contribution < 1.29 is 24.3 Å². The highest BCUT2D eigenvalue weighted by Gasteiger charge is 2.19. The van der Waals surface area contributed by atoms with E-state index in [4.69, 9.17) is 4.74 Å². The van der Waals surface area contributed by atoms with Gasteiger partial charge in [0.2, 0.25) is 12.0 Å². The molecule has 1 amide bonds. The maximum absolute atomic E-state index is 11.4. The number of hydrogen-bond acceptors (Lipinski definition) is 6. The maximum atomic E-state index is 11.4. The summed E-state index contributed by atoms with van der Waals surface area (Å²) < 4.78 is 4.86. The van der Waals surface area contributed by atoms with Crippen molar-refractivity contribution in [3.63, 3.8) is 0 Å². The van der Waals surface area contributed by atoms with Crippen molar-refractivity contribution >= 4 is 17.6 Å². The Hall–Kier alpha value is -2.64. The predicted molar refractivity (Wildman–Crippen MR) is 63.9 cm³/mol. The van der Waals surface area contributed by atoms with Crippen molar-refractivity contribution in [1.29, 1.82) is 0 Å². The number of nitrogens with one attached hydrogen (secondary N) is 1. The van der Waals surface area contributed by atoms with Crippen molar-refractivity contribution in [3.8, 4) is 5.75 Å². The molecule has 0 fully saturated rings. The van der Waals surface area contributed by atoms with Crippen LogP contribution in [0.5, 0.6) is 5.75 Å². The first-order chi connectivity index (χ1) is 8.88. The summed E-state index contributed by atoms with van der Waals surface area (Å²) >= 11 is 0. The third kappa shape index (κ3) is 5.02. The zero-order valence-electron chi connectivity index (χ0n) is 10.3. The first-order valence-corrected chi connectivity index (χ1v) is 5.29. The normalized spacial score (nSPS) is 11.3. The number of anilines is 1. The molecule has 1 N–H and O–H groups in total. The minimum Gasteiger partial charge on any atom is -0.425 e. The fraction of sp³-hybridized carbons (Fsp3) is 0.273. The van der Waals surface area contributed by atoms with Gasteiger partial charge in [0.05, 0.1) is 0 Å². The summed E-state index contributed by atoms with van der Waals surface area (Å²) in [5.41, 5.74) is 0.543. The van der Waals surface area contributed by atoms with E-state index in [-0.39, 0.29) is 11.7 Å². The minimum atomic E-state index is -1.31. The molecule has 0 radical (unpaired) electrons. The molecule has 0 bridgehead atoms. The molecule has 1 aromatic rings. The number of ether oxygens (including phenoxy) is 1.